The molecule has 0 bridgehead atoms. The first-order valence-corrected chi connectivity index (χ1v) is 6.01. The Kier molecular flexibility index (Phi) is 3.69. The highest BCUT2D eigenvalue weighted by Gasteiger charge is 2.35. The van der Waals surface area contributed by atoms with Crippen molar-refractivity contribution >= 4 is 5.91 Å². The van der Waals surface area contributed by atoms with Gasteiger partial charge in [-0.05, 0) is 12.5 Å². The summed E-state index contributed by atoms with van der Waals surface area (Å²) in [7, 11) is 1.55. The van der Waals surface area contributed by atoms with Crippen LogP contribution in [0.5, 0.6) is 0 Å². The third-order valence-electron chi connectivity index (χ3n) is 3.21. The van der Waals surface area contributed by atoms with Gasteiger partial charge in [0, 0.05) is 43.5 Å². The summed E-state index contributed by atoms with van der Waals surface area (Å²) < 4.78 is 38.7. The van der Waals surface area contributed by atoms with E-state index in [9.17, 15) is 22.8 Å². The Balaban J connectivity index is 2.14. The molecule has 20 heavy (non-hydrogen) atoms. The van der Waals surface area contributed by atoms with Crippen molar-refractivity contribution in [3.8, 4) is 0 Å². The number of carbonyl (C=O) groups is 1. The Morgan fingerprint density at radius 1 is 1.35 bits per heavy atom. The van der Waals surface area contributed by atoms with E-state index in [1.165, 1.54) is 27.8 Å². The van der Waals surface area contributed by atoms with Gasteiger partial charge in [-0.1, -0.05) is 6.08 Å². The van der Waals surface area contributed by atoms with Gasteiger partial charge in [0.2, 0.25) is 0 Å². The van der Waals surface area contributed by atoms with E-state index in [4.69, 9.17) is 0 Å². The molecule has 2 rings (SSSR count). The summed E-state index contributed by atoms with van der Waals surface area (Å²) in [5, 5.41) is 0. The summed E-state index contributed by atoms with van der Waals surface area (Å²) in [6, 6.07) is 2.66. The molecule has 1 aromatic rings. The molecule has 0 N–H and O–H groups in total. The monoisotopic (exact) mass is 286 g/mol. The second kappa shape index (κ2) is 5.15. The molecule has 1 amide bonds. The topological polar surface area (TPSA) is 42.3 Å². The highest BCUT2D eigenvalue weighted by molar-refractivity contribution is 5.94. The average Bonchev–Trinajstić information content (AvgIpc) is 2.40. The number of rotatable bonds is 1. The van der Waals surface area contributed by atoms with Gasteiger partial charge in [-0.2, -0.15) is 13.2 Å². The number of carbonyl (C=O) groups excluding carboxylic acids is 1. The van der Waals surface area contributed by atoms with Crippen LogP contribution in [0.4, 0.5) is 13.2 Å². The first-order valence-electron chi connectivity index (χ1n) is 6.01. The third kappa shape index (κ3) is 2.92. The summed E-state index contributed by atoms with van der Waals surface area (Å²) in [5.74, 6) is -0.430. The first kappa shape index (κ1) is 14.4. The fraction of sp³-hybridized carbons (Fsp3) is 0.385. The molecule has 0 spiro atoms. The number of pyridine rings is 1. The van der Waals surface area contributed by atoms with E-state index < -0.39 is 17.7 Å². The Hall–Kier alpha value is -2.05. The summed E-state index contributed by atoms with van der Waals surface area (Å²) in [6.45, 7) is -0.0950. The molecule has 0 unspecified atom stereocenters. The van der Waals surface area contributed by atoms with Crippen molar-refractivity contribution in [2.24, 2.45) is 7.05 Å². The van der Waals surface area contributed by atoms with Crippen molar-refractivity contribution in [3.05, 3.63) is 45.9 Å². The minimum atomic E-state index is -4.34. The lowest BCUT2D eigenvalue weighted by molar-refractivity contribution is -0.0957. The van der Waals surface area contributed by atoms with Gasteiger partial charge in [-0.3, -0.25) is 9.59 Å². The highest BCUT2D eigenvalue weighted by atomic mass is 19.4. The van der Waals surface area contributed by atoms with Crippen LogP contribution in [0, 0.1) is 0 Å². The number of halogens is 3. The molecule has 0 atom stereocenters. The van der Waals surface area contributed by atoms with E-state index >= 15 is 0 Å². The van der Waals surface area contributed by atoms with E-state index in [0.29, 0.717) is 0 Å². The first-order chi connectivity index (χ1) is 9.29. The lowest BCUT2D eigenvalue weighted by atomic mass is 10.1. The molecule has 1 aromatic heterocycles. The van der Waals surface area contributed by atoms with Gasteiger partial charge in [-0.25, -0.2) is 0 Å². The van der Waals surface area contributed by atoms with Gasteiger partial charge in [0.25, 0.3) is 11.5 Å². The SMILES string of the molecule is Cn1ccc(C(=O)N2CC=C(C(F)(F)F)CC2)cc1=O. The van der Waals surface area contributed by atoms with Gasteiger partial charge in [0.1, 0.15) is 0 Å². The molecule has 2 heterocycles. The molecule has 4 nitrogen and oxygen atoms in total. The number of amides is 1. The lowest BCUT2D eigenvalue weighted by Gasteiger charge is -2.27. The van der Waals surface area contributed by atoms with E-state index in [-0.39, 0.29) is 30.6 Å². The molecule has 0 fully saturated rings. The predicted molar refractivity (Wildman–Crippen MR) is 66.3 cm³/mol. The van der Waals surface area contributed by atoms with Crippen LogP contribution < -0.4 is 5.56 Å². The number of alkyl halides is 3. The van der Waals surface area contributed by atoms with E-state index in [1.54, 1.807) is 7.05 Å². The predicted octanol–water partition coefficient (Wildman–Crippen LogP) is 1.72. The Morgan fingerprint density at radius 3 is 2.55 bits per heavy atom. The smallest absolute Gasteiger partial charge is 0.335 e. The highest BCUT2D eigenvalue weighted by Crippen LogP contribution is 2.30. The maximum atomic E-state index is 12.5. The lowest BCUT2D eigenvalue weighted by Crippen LogP contribution is -2.37. The molecule has 0 aliphatic carbocycles. The Morgan fingerprint density at radius 2 is 2.05 bits per heavy atom. The number of aromatic nitrogens is 1. The van der Waals surface area contributed by atoms with Crippen molar-refractivity contribution in [2.45, 2.75) is 12.6 Å². The minimum absolute atomic E-state index is 0.000609. The van der Waals surface area contributed by atoms with Crippen molar-refractivity contribution in [1.29, 1.82) is 0 Å². The van der Waals surface area contributed by atoms with Crippen LogP contribution in [0.3, 0.4) is 0 Å². The molecule has 1 aliphatic rings. The van der Waals surface area contributed by atoms with Gasteiger partial charge in [-0.15, -0.1) is 0 Å². The zero-order valence-electron chi connectivity index (χ0n) is 10.8. The minimum Gasteiger partial charge on any atom is -0.335 e. The molecular formula is C13H13F3N2O2. The number of hydrogen-bond acceptors (Lipinski definition) is 2. The summed E-state index contributed by atoms with van der Waals surface area (Å²) in [6.07, 6.45) is -2.09. The van der Waals surface area contributed by atoms with E-state index in [1.807, 2.05) is 0 Å². The summed E-state index contributed by atoms with van der Waals surface area (Å²) >= 11 is 0. The second-order valence-corrected chi connectivity index (χ2v) is 4.59. The number of nitrogens with zero attached hydrogens (tertiary/aromatic N) is 2. The maximum Gasteiger partial charge on any atom is 0.412 e. The second-order valence-electron chi connectivity index (χ2n) is 4.59. The van der Waals surface area contributed by atoms with Crippen LogP contribution >= 0.6 is 0 Å². The molecule has 1 aliphatic heterocycles. The standard InChI is InChI=1S/C13H13F3N2O2/c1-17-5-2-9(8-11(17)19)12(20)18-6-3-10(4-7-18)13(14,15)16/h2-3,5,8H,4,6-7H2,1H3. The molecule has 0 saturated carbocycles. The van der Waals surface area contributed by atoms with Crippen LogP contribution in [-0.2, 0) is 7.05 Å². The Bertz CT molecular complexity index is 617. The molecule has 0 saturated heterocycles. The summed E-state index contributed by atoms with van der Waals surface area (Å²) in [4.78, 5) is 24.8. The largest absolute Gasteiger partial charge is 0.412 e. The van der Waals surface area contributed by atoms with Crippen LogP contribution in [0.15, 0.2) is 34.8 Å². The Labute approximate surface area is 113 Å². The molecule has 108 valence electrons. The average molecular weight is 286 g/mol. The van der Waals surface area contributed by atoms with E-state index in [2.05, 4.69) is 0 Å². The van der Waals surface area contributed by atoms with Crippen LogP contribution in [0.1, 0.15) is 16.8 Å². The van der Waals surface area contributed by atoms with Gasteiger partial charge >= 0.3 is 6.18 Å². The summed E-state index contributed by atoms with van der Waals surface area (Å²) in [5.41, 5.74) is -0.748. The van der Waals surface area contributed by atoms with Gasteiger partial charge < -0.3 is 9.47 Å². The van der Waals surface area contributed by atoms with Crippen LogP contribution in [0.2, 0.25) is 0 Å². The molecule has 7 heteroatoms. The maximum absolute atomic E-state index is 12.5. The fourth-order valence-electron chi connectivity index (χ4n) is 1.98. The van der Waals surface area contributed by atoms with Gasteiger partial charge in [0.05, 0.1) is 0 Å². The van der Waals surface area contributed by atoms with Crippen LogP contribution in [0.25, 0.3) is 0 Å². The zero-order chi connectivity index (χ0) is 14.9. The number of hydrogen-bond donors (Lipinski definition) is 0. The van der Waals surface area contributed by atoms with Crippen molar-refractivity contribution < 1.29 is 18.0 Å². The zero-order valence-corrected chi connectivity index (χ0v) is 10.8. The van der Waals surface area contributed by atoms with Gasteiger partial charge in [0.15, 0.2) is 0 Å². The number of aryl methyl sites for hydroxylation is 1. The van der Waals surface area contributed by atoms with Crippen molar-refractivity contribution in [1.82, 2.24) is 9.47 Å². The van der Waals surface area contributed by atoms with Crippen LogP contribution in [-0.4, -0.2) is 34.6 Å². The molecule has 0 aromatic carbocycles. The molecule has 0 radical (unpaired) electrons. The normalized spacial score (nSPS) is 16.0. The third-order valence-corrected chi connectivity index (χ3v) is 3.21. The van der Waals surface area contributed by atoms with E-state index in [0.717, 1.165) is 6.08 Å². The fourth-order valence-corrected chi connectivity index (χ4v) is 1.98. The molecular weight excluding hydrogens is 273 g/mol. The van der Waals surface area contributed by atoms with Crippen molar-refractivity contribution in [2.75, 3.05) is 13.1 Å². The quantitative estimate of drug-likeness (QED) is 0.738. The van der Waals surface area contributed by atoms with Crippen molar-refractivity contribution in [3.63, 3.8) is 0 Å².